The molecule has 0 aliphatic heterocycles. The largest absolute Gasteiger partial charge is 0.481 e. The summed E-state index contributed by atoms with van der Waals surface area (Å²) < 4.78 is 0. The summed E-state index contributed by atoms with van der Waals surface area (Å²) in [5.74, 6) is 0.101. The van der Waals surface area contributed by atoms with Gasteiger partial charge in [0.05, 0.1) is 5.92 Å². The SMILES string of the molecule is O=C(O)C1CCC(NCCc2ncn[nH]2)CC1. The van der Waals surface area contributed by atoms with E-state index in [4.69, 9.17) is 5.11 Å². The molecule has 1 aromatic heterocycles. The van der Waals surface area contributed by atoms with E-state index in [1.54, 1.807) is 0 Å². The van der Waals surface area contributed by atoms with Crippen LogP contribution in [0.5, 0.6) is 0 Å². The lowest BCUT2D eigenvalue weighted by Gasteiger charge is -2.26. The van der Waals surface area contributed by atoms with Crippen LogP contribution in [0.3, 0.4) is 0 Å². The Balaban J connectivity index is 1.63. The van der Waals surface area contributed by atoms with Gasteiger partial charge in [-0.25, -0.2) is 4.98 Å². The number of rotatable bonds is 5. The molecule has 0 radical (unpaired) electrons. The molecule has 3 N–H and O–H groups in total. The Hall–Kier alpha value is -1.43. The average molecular weight is 238 g/mol. The van der Waals surface area contributed by atoms with Crippen molar-refractivity contribution in [3.63, 3.8) is 0 Å². The first kappa shape index (κ1) is 12.0. The zero-order valence-electron chi connectivity index (χ0n) is 9.72. The van der Waals surface area contributed by atoms with Crippen LogP contribution in [0.25, 0.3) is 0 Å². The standard InChI is InChI=1S/C11H18N4O2/c16-11(17)8-1-3-9(4-2-8)12-6-5-10-13-7-14-15-10/h7-9,12H,1-6H2,(H,16,17)(H,13,14,15). The summed E-state index contributed by atoms with van der Waals surface area (Å²) >= 11 is 0. The molecular formula is C11H18N4O2. The normalized spacial score (nSPS) is 24.7. The Labute approximate surface area is 99.8 Å². The Bertz CT molecular complexity index is 344. The number of aromatic nitrogens is 3. The van der Waals surface area contributed by atoms with Gasteiger partial charge >= 0.3 is 5.97 Å². The minimum Gasteiger partial charge on any atom is -0.481 e. The molecule has 6 heteroatoms. The van der Waals surface area contributed by atoms with Crippen LogP contribution in [-0.4, -0.2) is 38.8 Å². The molecule has 17 heavy (non-hydrogen) atoms. The average Bonchev–Trinajstić information content (AvgIpc) is 2.83. The first-order chi connectivity index (χ1) is 8.25. The van der Waals surface area contributed by atoms with Crippen molar-refractivity contribution in [2.45, 2.75) is 38.1 Å². The van der Waals surface area contributed by atoms with Gasteiger partial charge in [-0.05, 0) is 25.7 Å². The summed E-state index contributed by atoms with van der Waals surface area (Å²) in [6, 6.07) is 0.452. The van der Waals surface area contributed by atoms with E-state index in [1.165, 1.54) is 6.33 Å². The third kappa shape index (κ3) is 3.52. The third-order valence-corrected chi connectivity index (χ3v) is 3.34. The van der Waals surface area contributed by atoms with Gasteiger partial charge in [0.25, 0.3) is 0 Å². The first-order valence-electron chi connectivity index (χ1n) is 6.06. The van der Waals surface area contributed by atoms with Crippen molar-refractivity contribution in [1.29, 1.82) is 0 Å². The predicted molar refractivity (Wildman–Crippen MR) is 61.5 cm³/mol. The number of carbonyl (C=O) groups is 1. The molecule has 1 aliphatic rings. The van der Waals surface area contributed by atoms with Crippen LogP contribution < -0.4 is 5.32 Å². The minimum absolute atomic E-state index is 0.137. The zero-order valence-corrected chi connectivity index (χ0v) is 9.72. The molecule has 6 nitrogen and oxygen atoms in total. The molecule has 1 heterocycles. The number of hydrogen-bond donors (Lipinski definition) is 3. The van der Waals surface area contributed by atoms with Crippen LogP contribution >= 0.6 is 0 Å². The number of aromatic amines is 1. The van der Waals surface area contributed by atoms with Crippen LogP contribution in [0.1, 0.15) is 31.5 Å². The van der Waals surface area contributed by atoms with Crippen molar-refractivity contribution in [2.75, 3.05) is 6.54 Å². The van der Waals surface area contributed by atoms with Crippen molar-refractivity contribution in [3.8, 4) is 0 Å². The summed E-state index contributed by atoms with van der Waals surface area (Å²) in [5.41, 5.74) is 0. The maximum Gasteiger partial charge on any atom is 0.306 e. The maximum atomic E-state index is 10.8. The number of aliphatic carboxylic acids is 1. The molecule has 0 spiro atoms. The van der Waals surface area contributed by atoms with Crippen LogP contribution in [0, 0.1) is 5.92 Å². The fourth-order valence-corrected chi connectivity index (χ4v) is 2.29. The van der Waals surface area contributed by atoms with E-state index in [1.807, 2.05) is 0 Å². The van der Waals surface area contributed by atoms with Crippen LogP contribution in [-0.2, 0) is 11.2 Å². The first-order valence-corrected chi connectivity index (χ1v) is 6.06. The van der Waals surface area contributed by atoms with Gasteiger partial charge in [0, 0.05) is 19.0 Å². The molecular weight excluding hydrogens is 220 g/mol. The van der Waals surface area contributed by atoms with E-state index >= 15 is 0 Å². The minimum atomic E-state index is -0.648. The van der Waals surface area contributed by atoms with E-state index in [-0.39, 0.29) is 5.92 Å². The third-order valence-electron chi connectivity index (χ3n) is 3.34. The molecule has 1 aromatic rings. The summed E-state index contributed by atoms with van der Waals surface area (Å²) in [4.78, 5) is 14.8. The monoisotopic (exact) mass is 238 g/mol. The molecule has 1 fully saturated rings. The second-order valence-corrected chi connectivity index (χ2v) is 4.52. The van der Waals surface area contributed by atoms with Crippen LogP contribution in [0.2, 0.25) is 0 Å². The Morgan fingerprint density at radius 3 is 2.82 bits per heavy atom. The summed E-state index contributed by atoms with van der Waals surface area (Å²) in [5, 5.41) is 18.9. The van der Waals surface area contributed by atoms with Gasteiger partial charge < -0.3 is 10.4 Å². The van der Waals surface area contributed by atoms with Crippen LogP contribution in [0.15, 0.2) is 6.33 Å². The lowest BCUT2D eigenvalue weighted by Crippen LogP contribution is -2.36. The van der Waals surface area contributed by atoms with Crippen molar-refractivity contribution >= 4 is 5.97 Å². The number of hydrogen-bond acceptors (Lipinski definition) is 4. The Morgan fingerprint density at radius 1 is 1.47 bits per heavy atom. The number of H-pyrrole nitrogens is 1. The number of nitrogens with zero attached hydrogens (tertiary/aromatic N) is 2. The van der Waals surface area contributed by atoms with Gasteiger partial charge in [-0.3, -0.25) is 9.89 Å². The highest BCUT2D eigenvalue weighted by molar-refractivity contribution is 5.70. The predicted octanol–water partition coefficient (Wildman–Crippen LogP) is 0.580. The molecule has 0 aromatic carbocycles. The lowest BCUT2D eigenvalue weighted by molar-refractivity contribution is -0.142. The van der Waals surface area contributed by atoms with Gasteiger partial charge in [-0.2, -0.15) is 5.10 Å². The highest BCUT2D eigenvalue weighted by Gasteiger charge is 2.25. The van der Waals surface area contributed by atoms with E-state index in [0.717, 1.165) is 44.5 Å². The Kier molecular flexibility index (Phi) is 4.08. The van der Waals surface area contributed by atoms with Crippen molar-refractivity contribution < 1.29 is 9.90 Å². The molecule has 2 rings (SSSR count). The van der Waals surface area contributed by atoms with Crippen molar-refractivity contribution in [2.24, 2.45) is 5.92 Å². The van der Waals surface area contributed by atoms with Gasteiger partial charge in [0.2, 0.25) is 0 Å². The van der Waals surface area contributed by atoms with Gasteiger partial charge in [0.1, 0.15) is 12.2 Å². The molecule has 0 atom stereocenters. The fraction of sp³-hybridized carbons (Fsp3) is 0.727. The number of carboxylic acid groups (broad SMARTS) is 1. The van der Waals surface area contributed by atoms with E-state index < -0.39 is 5.97 Å². The summed E-state index contributed by atoms with van der Waals surface area (Å²) in [6.45, 7) is 0.859. The van der Waals surface area contributed by atoms with E-state index in [2.05, 4.69) is 20.5 Å². The zero-order chi connectivity index (χ0) is 12.1. The molecule has 0 unspecified atom stereocenters. The van der Waals surface area contributed by atoms with Gasteiger partial charge in [-0.1, -0.05) is 0 Å². The molecule has 1 saturated carbocycles. The van der Waals surface area contributed by atoms with Gasteiger partial charge in [-0.15, -0.1) is 0 Å². The maximum absolute atomic E-state index is 10.8. The molecule has 0 saturated heterocycles. The molecule has 0 bridgehead atoms. The van der Waals surface area contributed by atoms with E-state index in [0.29, 0.717) is 6.04 Å². The van der Waals surface area contributed by atoms with Crippen LogP contribution in [0.4, 0.5) is 0 Å². The molecule has 0 amide bonds. The summed E-state index contributed by atoms with van der Waals surface area (Å²) in [6.07, 6.45) is 5.82. The topological polar surface area (TPSA) is 90.9 Å². The molecule has 94 valence electrons. The van der Waals surface area contributed by atoms with E-state index in [9.17, 15) is 4.79 Å². The second-order valence-electron chi connectivity index (χ2n) is 4.52. The number of carboxylic acids is 1. The van der Waals surface area contributed by atoms with Crippen molar-refractivity contribution in [3.05, 3.63) is 12.2 Å². The smallest absolute Gasteiger partial charge is 0.306 e. The summed E-state index contributed by atoms with van der Waals surface area (Å²) in [7, 11) is 0. The number of nitrogens with one attached hydrogen (secondary N) is 2. The highest BCUT2D eigenvalue weighted by Crippen LogP contribution is 2.24. The Morgan fingerprint density at radius 2 is 2.24 bits per heavy atom. The fourth-order valence-electron chi connectivity index (χ4n) is 2.29. The molecule has 1 aliphatic carbocycles. The highest BCUT2D eigenvalue weighted by atomic mass is 16.4. The lowest BCUT2D eigenvalue weighted by atomic mass is 9.86. The van der Waals surface area contributed by atoms with Gasteiger partial charge in [0.15, 0.2) is 0 Å². The quantitative estimate of drug-likeness (QED) is 0.698. The van der Waals surface area contributed by atoms with Crippen molar-refractivity contribution in [1.82, 2.24) is 20.5 Å². The second kappa shape index (κ2) is 5.77.